The molecule has 1 unspecified atom stereocenters. The molecule has 2 rings (SSSR count). The van der Waals surface area contributed by atoms with Crippen molar-refractivity contribution in [3.8, 4) is 0 Å². The number of nitrogens with one attached hydrogen (secondary N) is 2. The number of hydrogen-bond donors (Lipinski definition) is 2. The summed E-state index contributed by atoms with van der Waals surface area (Å²) in [6.45, 7) is 2.64. The summed E-state index contributed by atoms with van der Waals surface area (Å²) in [4.78, 5) is 14.8. The SMILES string of the molecule is COCCNS(=O)(=O)c1ccc(C)c(C(=O)NCC(c2ccsc2)N(C)C)c1. The minimum absolute atomic E-state index is 0.0399. The van der Waals surface area contributed by atoms with Gasteiger partial charge in [0, 0.05) is 25.8 Å². The minimum Gasteiger partial charge on any atom is -0.383 e. The molecule has 1 amide bonds. The first-order chi connectivity index (χ1) is 13.3. The number of sulfonamides is 1. The van der Waals surface area contributed by atoms with Gasteiger partial charge in [-0.15, -0.1) is 0 Å². The zero-order valence-corrected chi connectivity index (χ0v) is 18.2. The Hall–Kier alpha value is -1.78. The van der Waals surface area contributed by atoms with E-state index in [0.717, 1.165) is 5.56 Å². The Bertz CT molecular complexity index is 881. The zero-order chi connectivity index (χ0) is 20.7. The summed E-state index contributed by atoms with van der Waals surface area (Å²) in [7, 11) is 1.71. The molecule has 0 fully saturated rings. The van der Waals surface area contributed by atoms with Crippen LogP contribution in [0.4, 0.5) is 0 Å². The van der Waals surface area contributed by atoms with Crippen molar-refractivity contribution in [1.29, 1.82) is 0 Å². The maximum atomic E-state index is 12.7. The summed E-state index contributed by atoms with van der Waals surface area (Å²) in [5.74, 6) is -0.298. The lowest BCUT2D eigenvalue weighted by molar-refractivity contribution is 0.0941. The fraction of sp³-hybridized carbons (Fsp3) is 0.421. The van der Waals surface area contributed by atoms with E-state index in [1.54, 1.807) is 24.3 Å². The van der Waals surface area contributed by atoms with Gasteiger partial charge in [-0.25, -0.2) is 13.1 Å². The van der Waals surface area contributed by atoms with E-state index in [-0.39, 0.29) is 30.0 Å². The molecular weight excluding hydrogens is 398 g/mol. The smallest absolute Gasteiger partial charge is 0.251 e. The van der Waals surface area contributed by atoms with Crippen LogP contribution in [0.2, 0.25) is 0 Å². The fourth-order valence-corrected chi connectivity index (χ4v) is 4.47. The highest BCUT2D eigenvalue weighted by molar-refractivity contribution is 7.89. The highest BCUT2D eigenvalue weighted by Crippen LogP contribution is 2.21. The first-order valence-electron chi connectivity index (χ1n) is 8.82. The third-order valence-electron chi connectivity index (χ3n) is 4.37. The third kappa shape index (κ3) is 5.86. The Morgan fingerprint density at radius 2 is 2.04 bits per heavy atom. The number of amides is 1. The fourth-order valence-electron chi connectivity index (χ4n) is 2.72. The summed E-state index contributed by atoms with van der Waals surface area (Å²) < 4.78 is 32.1. The van der Waals surface area contributed by atoms with E-state index < -0.39 is 10.0 Å². The average Bonchev–Trinajstić information content (AvgIpc) is 3.16. The number of benzene rings is 1. The number of methoxy groups -OCH3 is 1. The van der Waals surface area contributed by atoms with Gasteiger partial charge in [0.2, 0.25) is 10.0 Å². The molecule has 1 atom stereocenters. The van der Waals surface area contributed by atoms with E-state index in [1.807, 2.05) is 30.4 Å². The molecule has 1 aromatic heterocycles. The molecule has 0 radical (unpaired) electrons. The second kappa shape index (κ2) is 10.1. The zero-order valence-electron chi connectivity index (χ0n) is 16.6. The Morgan fingerprint density at radius 3 is 2.64 bits per heavy atom. The van der Waals surface area contributed by atoms with Crippen LogP contribution >= 0.6 is 11.3 Å². The number of nitrogens with zero attached hydrogens (tertiary/aromatic N) is 1. The summed E-state index contributed by atoms with van der Waals surface area (Å²) in [5.41, 5.74) is 2.19. The lowest BCUT2D eigenvalue weighted by Crippen LogP contribution is -2.34. The molecule has 0 saturated carbocycles. The predicted molar refractivity (Wildman–Crippen MR) is 111 cm³/mol. The van der Waals surface area contributed by atoms with E-state index in [1.165, 1.54) is 19.2 Å². The van der Waals surface area contributed by atoms with E-state index >= 15 is 0 Å². The maximum Gasteiger partial charge on any atom is 0.251 e. The van der Waals surface area contributed by atoms with Gasteiger partial charge in [-0.1, -0.05) is 6.07 Å². The van der Waals surface area contributed by atoms with Crippen molar-refractivity contribution < 1.29 is 17.9 Å². The molecule has 0 aliphatic carbocycles. The van der Waals surface area contributed by atoms with Crippen LogP contribution in [0.25, 0.3) is 0 Å². The number of aryl methyl sites for hydroxylation is 1. The van der Waals surface area contributed by atoms with Gasteiger partial charge in [-0.2, -0.15) is 11.3 Å². The van der Waals surface area contributed by atoms with Crippen LogP contribution in [0.5, 0.6) is 0 Å². The van der Waals surface area contributed by atoms with Crippen LogP contribution in [-0.4, -0.2) is 60.1 Å². The molecule has 0 saturated heterocycles. The lowest BCUT2D eigenvalue weighted by atomic mass is 10.1. The van der Waals surface area contributed by atoms with Crippen LogP contribution in [0.15, 0.2) is 39.9 Å². The maximum absolute atomic E-state index is 12.7. The minimum atomic E-state index is -3.70. The predicted octanol–water partition coefficient (Wildman–Crippen LogP) is 2.01. The molecule has 28 heavy (non-hydrogen) atoms. The largest absolute Gasteiger partial charge is 0.383 e. The number of ether oxygens (including phenoxy) is 1. The Morgan fingerprint density at radius 1 is 1.29 bits per heavy atom. The number of carbonyl (C=O) groups excluding carboxylic acids is 1. The Kier molecular flexibility index (Phi) is 8.14. The van der Waals surface area contributed by atoms with Crippen LogP contribution in [0, 0.1) is 6.92 Å². The summed E-state index contributed by atoms with van der Waals surface area (Å²) in [5, 5.41) is 6.99. The van der Waals surface area contributed by atoms with Gasteiger partial charge in [0.1, 0.15) is 0 Å². The summed E-state index contributed by atoms with van der Waals surface area (Å²) in [6, 6.07) is 6.62. The molecule has 2 aromatic rings. The first-order valence-corrected chi connectivity index (χ1v) is 11.2. The molecule has 1 aromatic carbocycles. The Labute approximate surface area is 170 Å². The molecule has 7 nitrogen and oxygen atoms in total. The van der Waals surface area contributed by atoms with Crippen LogP contribution in [-0.2, 0) is 14.8 Å². The second-order valence-electron chi connectivity index (χ2n) is 6.61. The molecule has 0 bridgehead atoms. The molecule has 2 N–H and O–H groups in total. The summed E-state index contributed by atoms with van der Waals surface area (Å²) >= 11 is 1.61. The van der Waals surface area contributed by atoms with Crippen molar-refractivity contribution in [3.63, 3.8) is 0 Å². The van der Waals surface area contributed by atoms with Gasteiger partial charge < -0.3 is 15.0 Å². The normalized spacial score (nSPS) is 12.9. The van der Waals surface area contributed by atoms with Crippen molar-refractivity contribution in [2.24, 2.45) is 0 Å². The van der Waals surface area contributed by atoms with Crippen LogP contribution in [0.1, 0.15) is 27.5 Å². The van der Waals surface area contributed by atoms with Gasteiger partial charge in [0.25, 0.3) is 5.91 Å². The van der Waals surface area contributed by atoms with Crippen LogP contribution in [0.3, 0.4) is 0 Å². The molecule has 0 aliphatic rings. The highest BCUT2D eigenvalue weighted by Gasteiger charge is 2.20. The molecular formula is C19H27N3O4S2. The monoisotopic (exact) mass is 425 g/mol. The molecule has 9 heteroatoms. The van der Waals surface area contributed by atoms with Crippen molar-refractivity contribution >= 4 is 27.3 Å². The third-order valence-corrected chi connectivity index (χ3v) is 6.53. The van der Waals surface area contributed by atoms with Crippen molar-refractivity contribution in [1.82, 2.24) is 14.9 Å². The average molecular weight is 426 g/mol. The molecule has 154 valence electrons. The van der Waals surface area contributed by atoms with Gasteiger partial charge >= 0.3 is 0 Å². The van der Waals surface area contributed by atoms with E-state index in [0.29, 0.717) is 17.7 Å². The number of hydrogen-bond acceptors (Lipinski definition) is 6. The van der Waals surface area contributed by atoms with E-state index in [2.05, 4.69) is 15.4 Å². The van der Waals surface area contributed by atoms with E-state index in [9.17, 15) is 13.2 Å². The van der Waals surface area contributed by atoms with Crippen molar-refractivity contribution in [2.75, 3.05) is 40.9 Å². The van der Waals surface area contributed by atoms with Gasteiger partial charge in [-0.3, -0.25) is 4.79 Å². The topological polar surface area (TPSA) is 87.7 Å². The van der Waals surface area contributed by atoms with E-state index in [4.69, 9.17) is 4.74 Å². The molecule has 0 aliphatic heterocycles. The number of carbonyl (C=O) groups is 1. The highest BCUT2D eigenvalue weighted by atomic mass is 32.2. The molecule has 1 heterocycles. The quantitative estimate of drug-likeness (QED) is 0.569. The first kappa shape index (κ1) is 22.5. The number of likely N-dealkylation sites (N-methyl/N-ethyl adjacent to an activating group) is 1. The second-order valence-corrected chi connectivity index (χ2v) is 9.16. The van der Waals surface area contributed by atoms with Gasteiger partial charge in [0.05, 0.1) is 17.5 Å². The van der Waals surface area contributed by atoms with Crippen LogP contribution < -0.4 is 10.0 Å². The number of thiophene rings is 1. The van der Waals surface area contributed by atoms with Crippen molar-refractivity contribution in [2.45, 2.75) is 17.9 Å². The lowest BCUT2D eigenvalue weighted by Gasteiger charge is -2.24. The van der Waals surface area contributed by atoms with Gasteiger partial charge in [0.15, 0.2) is 0 Å². The summed E-state index contributed by atoms with van der Waals surface area (Å²) in [6.07, 6.45) is 0. The van der Waals surface area contributed by atoms with Crippen molar-refractivity contribution in [3.05, 3.63) is 51.7 Å². The number of rotatable bonds is 10. The molecule has 0 spiro atoms. The Balaban J connectivity index is 2.14. The standard InChI is InChI=1S/C19H27N3O4S2/c1-14-5-6-16(28(24,25)21-8-9-26-4)11-17(14)19(23)20-12-18(22(2)3)15-7-10-27-13-15/h5-7,10-11,13,18,21H,8-9,12H2,1-4H3,(H,20,23). The van der Waals surface area contributed by atoms with Gasteiger partial charge in [-0.05, 0) is 61.1 Å².